The zero-order chi connectivity index (χ0) is 11.5. The molecule has 0 heterocycles. The highest BCUT2D eigenvalue weighted by atomic mass is 35.5. The topological polar surface area (TPSA) is 32.3 Å². The molecule has 0 saturated heterocycles. The van der Waals surface area contributed by atoms with E-state index in [1.54, 1.807) is 0 Å². The fraction of sp³-hybridized carbons (Fsp3) is 0.538. The minimum atomic E-state index is 0.239. The summed E-state index contributed by atoms with van der Waals surface area (Å²) in [6, 6.07) is 6.89. The molecule has 1 aromatic rings. The van der Waals surface area contributed by atoms with Gasteiger partial charge in [0.2, 0.25) is 0 Å². The fourth-order valence-corrected chi connectivity index (χ4v) is 2.55. The molecule has 0 amide bonds. The molecule has 1 aliphatic rings. The second-order valence-corrected chi connectivity index (χ2v) is 4.95. The summed E-state index contributed by atoms with van der Waals surface area (Å²) in [5.41, 5.74) is 2.73. The molecule has 2 unspecified atom stereocenters. The summed E-state index contributed by atoms with van der Waals surface area (Å²) in [4.78, 5) is 0. The Morgan fingerprint density at radius 1 is 1.56 bits per heavy atom. The third-order valence-corrected chi connectivity index (χ3v) is 3.47. The molecule has 0 aromatic heterocycles. The van der Waals surface area contributed by atoms with Gasteiger partial charge in [-0.05, 0) is 49.4 Å². The number of fused-ring (bicyclic) bond motifs is 1. The minimum Gasteiger partial charge on any atom is -0.396 e. The lowest BCUT2D eigenvalue weighted by atomic mass is 10.1. The number of nitrogens with one attached hydrogen (secondary N) is 1. The van der Waals surface area contributed by atoms with Crippen molar-refractivity contribution < 1.29 is 5.11 Å². The number of hydrogen-bond donors (Lipinski definition) is 2. The average Bonchev–Trinajstić information content (AvgIpc) is 2.61. The van der Waals surface area contributed by atoms with Crippen LogP contribution in [0.2, 0.25) is 5.02 Å². The lowest BCUT2D eigenvalue weighted by Crippen LogP contribution is -2.30. The highest BCUT2D eigenvalue weighted by molar-refractivity contribution is 6.30. The summed E-state index contributed by atoms with van der Waals surface area (Å²) >= 11 is 6.02. The van der Waals surface area contributed by atoms with Crippen LogP contribution in [-0.2, 0) is 6.42 Å². The van der Waals surface area contributed by atoms with Crippen LogP contribution >= 0.6 is 11.6 Å². The van der Waals surface area contributed by atoms with E-state index in [0.717, 1.165) is 24.3 Å². The first kappa shape index (κ1) is 11.9. The molecule has 0 aliphatic heterocycles. The SMILES string of the molecule is CC(CCO)NC1CCc2ccc(Cl)cc21. The Balaban J connectivity index is 2.08. The van der Waals surface area contributed by atoms with Gasteiger partial charge < -0.3 is 10.4 Å². The Bertz CT molecular complexity index is 367. The van der Waals surface area contributed by atoms with Crippen molar-refractivity contribution in [1.82, 2.24) is 5.32 Å². The summed E-state index contributed by atoms with van der Waals surface area (Å²) < 4.78 is 0. The van der Waals surface area contributed by atoms with Crippen molar-refractivity contribution in [3.63, 3.8) is 0 Å². The predicted octanol–water partition coefficient (Wildman–Crippen LogP) is 2.69. The van der Waals surface area contributed by atoms with Gasteiger partial charge >= 0.3 is 0 Å². The number of aliphatic hydroxyl groups excluding tert-OH is 1. The Hall–Kier alpha value is -0.570. The maximum atomic E-state index is 8.89. The van der Waals surface area contributed by atoms with Gasteiger partial charge in [-0.1, -0.05) is 17.7 Å². The molecule has 2 rings (SSSR count). The van der Waals surface area contributed by atoms with Crippen LogP contribution in [0.5, 0.6) is 0 Å². The van der Waals surface area contributed by atoms with Crippen LogP contribution < -0.4 is 5.32 Å². The van der Waals surface area contributed by atoms with E-state index in [1.807, 2.05) is 6.07 Å². The number of rotatable bonds is 4. The summed E-state index contributed by atoms with van der Waals surface area (Å²) in [5.74, 6) is 0. The van der Waals surface area contributed by atoms with Crippen molar-refractivity contribution in [3.8, 4) is 0 Å². The molecule has 0 spiro atoms. The van der Waals surface area contributed by atoms with Gasteiger partial charge in [0.15, 0.2) is 0 Å². The quantitative estimate of drug-likeness (QED) is 0.847. The number of aryl methyl sites for hydroxylation is 1. The van der Waals surface area contributed by atoms with E-state index in [1.165, 1.54) is 11.1 Å². The van der Waals surface area contributed by atoms with Crippen molar-refractivity contribution >= 4 is 11.6 Å². The third kappa shape index (κ3) is 2.57. The van der Waals surface area contributed by atoms with E-state index >= 15 is 0 Å². The normalized spacial score (nSPS) is 20.8. The van der Waals surface area contributed by atoms with Crippen LogP contribution in [0.3, 0.4) is 0 Å². The van der Waals surface area contributed by atoms with E-state index < -0.39 is 0 Å². The van der Waals surface area contributed by atoms with Crippen LogP contribution in [0.25, 0.3) is 0 Å². The van der Waals surface area contributed by atoms with Crippen LogP contribution in [-0.4, -0.2) is 17.8 Å². The first-order valence-corrected chi connectivity index (χ1v) is 6.23. The summed E-state index contributed by atoms with van der Waals surface area (Å²) in [6.07, 6.45) is 3.05. The van der Waals surface area contributed by atoms with Gasteiger partial charge in [0.1, 0.15) is 0 Å². The highest BCUT2D eigenvalue weighted by Gasteiger charge is 2.23. The van der Waals surface area contributed by atoms with E-state index in [2.05, 4.69) is 24.4 Å². The lowest BCUT2D eigenvalue weighted by molar-refractivity contribution is 0.263. The minimum absolute atomic E-state index is 0.239. The molecular formula is C13H18ClNO. The zero-order valence-corrected chi connectivity index (χ0v) is 10.3. The standard InChI is InChI=1S/C13H18ClNO/c1-9(6-7-16)15-13-5-3-10-2-4-11(14)8-12(10)13/h2,4,8-9,13,15-16H,3,5-7H2,1H3. The Morgan fingerprint density at radius 3 is 3.12 bits per heavy atom. The monoisotopic (exact) mass is 239 g/mol. The number of benzene rings is 1. The molecule has 2 N–H and O–H groups in total. The van der Waals surface area contributed by atoms with Crippen LogP contribution in [0.15, 0.2) is 18.2 Å². The fourth-order valence-electron chi connectivity index (χ4n) is 2.37. The number of halogens is 1. The van der Waals surface area contributed by atoms with Gasteiger partial charge in [0, 0.05) is 23.7 Å². The van der Waals surface area contributed by atoms with Crippen molar-refractivity contribution in [2.75, 3.05) is 6.61 Å². The summed E-state index contributed by atoms with van der Waals surface area (Å²) in [6.45, 7) is 2.35. The van der Waals surface area contributed by atoms with Crippen molar-refractivity contribution in [2.24, 2.45) is 0 Å². The average molecular weight is 240 g/mol. The molecule has 3 heteroatoms. The number of hydrogen-bond acceptors (Lipinski definition) is 2. The smallest absolute Gasteiger partial charge is 0.0445 e. The Labute approximate surface area is 102 Å². The molecule has 0 bridgehead atoms. The maximum absolute atomic E-state index is 8.89. The van der Waals surface area contributed by atoms with Crippen molar-refractivity contribution in [2.45, 2.75) is 38.3 Å². The lowest BCUT2D eigenvalue weighted by Gasteiger charge is -2.19. The molecule has 88 valence electrons. The molecule has 16 heavy (non-hydrogen) atoms. The first-order chi connectivity index (χ1) is 7.70. The van der Waals surface area contributed by atoms with Crippen LogP contribution in [0.4, 0.5) is 0 Å². The van der Waals surface area contributed by atoms with E-state index in [9.17, 15) is 0 Å². The van der Waals surface area contributed by atoms with Gasteiger partial charge in [-0.15, -0.1) is 0 Å². The molecule has 0 saturated carbocycles. The number of aliphatic hydroxyl groups is 1. The van der Waals surface area contributed by atoms with Crippen LogP contribution in [0, 0.1) is 0 Å². The molecule has 1 aromatic carbocycles. The van der Waals surface area contributed by atoms with Gasteiger partial charge in [-0.3, -0.25) is 0 Å². The summed E-state index contributed by atoms with van der Waals surface area (Å²) in [5, 5.41) is 13.2. The molecule has 2 atom stereocenters. The molecule has 0 radical (unpaired) electrons. The molecule has 2 nitrogen and oxygen atoms in total. The largest absolute Gasteiger partial charge is 0.396 e. The van der Waals surface area contributed by atoms with E-state index in [-0.39, 0.29) is 6.61 Å². The van der Waals surface area contributed by atoms with E-state index in [4.69, 9.17) is 16.7 Å². The zero-order valence-electron chi connectivity index (χ0n) is 9.54. The van der Waals surface area contributed by atoms with Crippen LogP contribution in [0.1, 0.15) is 36.9 Å². The van der Waals surface area contributed by atoms with Gasteiger partial charge in [-0.2, -0.15) is 0 Å². The van der Waals surface area contributed by atoms with Crippen molar-refractivity contribution in [3.05, 3.63) is 34.3 Å². The molecule has 1 aliphatic carbocycles. The molecular weight excluding hydrogens is 222 g/mol. The Kier molecular flexibility index (Phi) is 3.85. The Morgan fingerprint density at radius 2 is 2.38 bits per heavy atom. The highest BCUT2D eigenvalue weighted by Crippen LogP contribution is 2.33. The van der Waals surface area contributed by atoms with Crippen molar-refractivity contribution in [1.29, 1.82) is 0 Å². The third-order valence-electron chi connectivity index (χ3n) is 3.23. The van der Waals surface area contributed by atoms with Gasteiger partial charge in [0.05, 0.1) is 0 Å². The second-order valence-electron chi connectivity index (χ2n) is 4.51. The first-order valence-electron chi connectivity index (χ1n) is 5.86. The maximum Gasteiger partial charge on any atom is 0.0445 e. The summed E-state index contributed by atoms with van der Waals surface area (Å²) in [7, 11) is 0. The van der Waals surface area contributed by atoms with E-state index in [0.29, 0.717) is 12.1 Å². The molecule has 0 fully saturated rings. The second kappa shape index (κ2) is 5.17. The van der Waals surface area contributed by atoms with Gasteiger partial charge in [-0.25, -0.2) is 0 Å². The van der Waals surface area contributed by atoms with Gasteiger partial charge in [0.25, 0.3) is 0 Å². The predicted molar refractivity (Wildman–Crippen MR) is 66.8 cm³/mol.